The van der Waals surface area contributed by atoms with Gasteiger partial charge in [-0.05, 0) is 49.1 Å². The molecule has 2 aromatic rings. The lowest BCUT2D eigenvalue weighted by Crippen LogP contribution is -2.37. The normalized spacial score (nSPS) is 13.9. The van der Waals surface area contributed by atoms with E-state index < -0.39 is 40.9 Å². The topological polar surface area (TPSA) is 104 Å². The third-order valence-corrected chi connectivity index (χ3v) is 5.01. The maximum atomic E-state index is 14.7. The minimum absolute atomic E-state index is 0.0510. The molecule has 1 aromatic carbocycles. The van der Waals surface area contributed by atoms with E-state index in [1.54, 1.807) is 13.0 Å². The van der Waals surface area contributed by atoms with Gasteiger partial charge in [0.25, 0.3) is 11.8 Å². The van der Waals surface area contributed by atoms with Gasteiger partial charge in [0, 0.05) is 6.20 Å². The largest absolute Gasteiger partial charge is 0.475 e. The number of primary amides is 1. The first kappa shape index (κ1) is 24.3. The Morgan fingerprint density at radius 2 is 2.09 bits per heavy atom. The van der Waals surface area contributed by atoms with Crippen molar-refractivity contribution in [2.24, 2.45) is 5.73 Å². The number of nitrogens with one attached hydrogen (secondary N) is 1. The van der Waals surface area contributed by atoms with Gasteiger partial charge in [-0.2, -0.15) is 0 Å². The Morgan fingerprint density at radius 3 is 2.79 bits per heavy atom. The molecule has 1 aromatic heterocycles. The maximum Gasteiger partial charge on any atom is 0.267 e. The van der Waals surface area contributed by atoms with Gasteiger partial charge in [-0.1, -0.05) is 29.8 Å². The predicted octanol–water partition coefficient (Wildman–Crippen LogP) is 4.10. The molecule has 1 aliphatic carbocycles. The molecule has 1 heterocycles. The number of aryl methyl sites for hydroxylation is 1. The molecule has 0 aliphatic heterocycles. The van der Waals surface area contributed by atoms with Crippen LogP contribution in [0.2, 0.25) is 5.15 Å². The van der Waals surface area contributed by atoms with Crippen LogP contribution in [-0.2, 0) is 9.53 Å². The van der Waals surface area contributed by atoms with Gasteiger partial charge in [-0.3, -0.25) is 9.59 Å². The van der Waals surface area contributed by atoms with E-state index in [2.05, 4.69) is 10.3 Å². The molecule has 2 amide bonds. The number of nitrogens with two attached hydrogens (primary N) is 1. The Morgan fingerprint density at radius 1 is 1.30 bits per heavy atom. The van der Waals surface area contributed by atoms with E-state index in [0.717, 1.165) is 36.1 Å². The van der Waals surface area contributed by atoms with Crippen LogP contribution < -0.4 is 15.8 Å². The summed E-state index contributed by atoms with van der Waals surface area (Å²) in [6.45, 7) is 1.70. The van der Waals surface area contributed by atoms with E-state index in [0.29, 0.717) is 0 Å². The van der Waals surface area contributed by atoms with E-state index in [4.69, 9.17) is 26.8 Å². The molecule has 0 radical (unpaired) electrons. The molecule has 0 bridgehead atoms. The molecular formula is C23H22ClF2N3O4. The van der Waals surface area contributed by atoms with Gasteiger partial charge < -0.3 is 20.5 Å². The summed E-state index contributed by atoms with van der Waals surface area (Å²) in [5, 5.41) is 2.62. The third-order valence-electron chi connectivity index (χ3n) is 4.71. The smallest absolute Gasteiger partial charge is 0.267 e. The van der Waals surface area contributed by atoms with Crippen LogP contribution in [0.25, 0.3) is 0 Å². The molecule has 3 N–H and O–H groups in total. The van der Waals surface area contributed by atoms with Crippen LogP contribution in [0.3, 0.4) is 0 Å². The number of ether oxygens (including phenoxy) is 2. The van der Waals surface area contributed by atoms with Crippen molar-refractivity contribution in [2.45, 2.75) is 25.9 Å². The Kier molecular flexibility index (Phi) is 8.13. The van der Waals surface area contributed by atoms with Crippen LogP contribution in [0.1, 0.15) is 28.8 Å². The lowest BCUT2D eigenvalue weighted by atomic mass is 10.1. The Bertz CT molecular complexity index is 1120. The monoisotopic (exact) mass is 477 g/mol. The number of pyridine rings is 1. The summed E-state index contributed by atoms with van der Waals surface area (Å²) in [5.41, 5.74) is 6.00. The van der Waals surface area contributed by atoms with Crippen LogP contribution in [0.4, 0.5) is 14.5 Å². The van der Waals surface area contributed by atoms with Gasteiger partial charge in [0.05, 0.1) is 18.9 Å². The van der Waals surface area contributed by atoms with Crippen molar-refractivity contribution in [3.63, 3.8) is 0 Å². The van der Waals surface area contributed by atoms with Crippen LogP contribution in [-0.4, -0.2) is 36.1 Å². The van der Waals surface area contributed by atoms with E-state index >= 15 is 0 Å². The van der Waals surface area contributed by atoms with Crippen molar-refractivity contribution in [3.8, 4) is 5.75 Å². The number of halogens is 3. The molecule has 0 spiro atoms. The summed E-state index contributed by atoms with van der Waals surface area (Å²) < 4.78 is 39.6. The molecule has 7 nitrogen and oxygen atoms in total. The number of rotatable bonds is 9. The first-order chi connectivity index (χ1) is 15.8. The quantitative estimate of drug-likeness (QED) is 0.529. The fourth-order valence-corrected chi connectivity index (χ4v) is 3.23. The summed E-state index contributed by atoms with van der Waals surface area (Å²) in [5.74, 6) is -4.99. The SMILES string of the molecule is Cc1cnc(Cl)c(NC(=O)C(COCC2=CCCC=C2)Oc2ccc(F)c(C(N)=O)c2F)c1. The highest BCUT2D eigenvalue weighted by molar-refractivity contribution is 6.32. The van der Waals surface area contributed by atoms with E-state index in [1.807, 2.05) is 18.2 Å². The molecule has 0 saturated carbocycles. The highest BCUT2D eigenvalue weighted by Crippen LogP contribution is 2.25. The van der Waals surface area contributed by atoms with Crippen LogP contribution in [0.15, 0.2) is 48.2 Å². The number of aromatic nitrogens is 1. The Labute approximate surface area is 194 Å². The molecule has 1 aliphatic rings. The van der Waals surface area contributed by atoms with Crippen molar-refractivity contribution in [3.05, 3.63) is 76.1 Å². The van der Waals surface area contributed by atoms with Crippen molar-refractivity contribution < 1.29 is 27.8 Å². The molecule has 174 valence electrons. The van der Waals surface area contributed by atoms with Gasteiger partial charge in [-0.25, -0.2) is 13.8 Å². The van der Waals surface area contributed by atoms with Gasteiger partial charge in [0.1, 0.15) is 11.4 Å². The van der Waals surface area contributed by atoms with Crippen molar-refractivity contribution >= 4 is 29.1 Å². The zero-order chi connectivity index (χ0) is 24.0. The molecule has 0 fully saturated rings. The van der Waals surface area contributed by atoms with Crippen molar-refractivity contribution in [1.82, 2.24) is 4.98 Å². The lowest BCUT2D eigenvalue weighted by molar-refractivity contribution is -0.125. The number of hydrogen-bond donors (Lipinski definition) is 2. The third kappa shape index (κ3) is 6.36. The second-order valence-electron chi connectivity index (χ2n) is 7.32. The van der Waals surface area contributed by atoms with Crippen LogP contribution >= 0.6 is 11.6 Å². The lowest BCUT2D eigenvalue weighted by Gasteiger charge is -2.20. The molecule has 33 heavy (non-hydrogen) atoms. The summed E-state index contributed by atoms with van der Waals surface area (Å²) >= 11 is 6.04. The number of benzene rings is 1. The zero-order valence-electron chi connectivity index (χ0n) is 17.7. The highest BCUT2D eigenvalue weighted by atomic mass is 35.5. The number of carbonyl (C=O) groups excluding carboxylic acids is 2. The minimum atomic E-state index is -1.37. The fourth-order valence-electron chi connectivity index (χ4n) is 3.08. The van der Waals surface area contributed by atoms with Gasteiger partial charge >= 0.3 is 0 Å². The van der Waals surface area contributed by atoms with Gasteiger partial charge in [0.15, 0.2) is 16.7 Å². The van der Waals surface area contributed by atoms with Gasteiger partial charge in [0.2, 0.25) is 6.10 Å². The fraction of sp³-hybridized carbons (Fsp3) is 0.261. The van der Waals surface area contributed by atoms with E-state index in [1.165, 1.54) is 6.20 Å². The zero-order valence-corrected chi connectivity index (χ0v) is 18.5. The molecular weight excluding hydrogens is 456 g/mol. The van der Waals surface area contributed by atoms with E-state index in [9.17, 15) is 18.4 Å². The first-order valence-corrected chi connectivity index (χ1v) is 10.4. The molecule has 0 saturated heterocycles. The standard InChI is InChI=1S/C23H22ClF2N3O4/c1-13-9-16(21(24)28-10-13)29-23(31)18(12-32-11-14-5-3-2-4-6-14)33-17-8-7-15(25)19(20(17)26)22(27)30/h3,5-10,18H,2,4,11-12H2,1H3,(H2,27,30)(H,29,31). The highest BCUT2D eigenvalue weighted by Gasteiger charge is 2.26. The number of hydrogen-bond acceptors (Lipinski definition) is 5. The van der Waals surface area contributed by atoms with Crippen molar-refractivity contribution in [2.75, 3.05) is 18.5 Å². The number of anilines is 1. The number of allylic oxidation sites excluding steroid dienone is 2. The number of carbonyl (C=O) groups is 2. The molecule has 1 unspecified atom stereocenters. The predicted molar refractivity (Wildman–Crippen MR) is 119 cm³/mol. The van der Waals surface area contributed by atoms with Crippen molar-refractivity contribution in [1.29, 1.82) is 0 Å². The second kappa shape index (κ2) is 11.0. The Balaban J connectivity index is 1.81. The molecule has 10 heteroatoms. The van der Waals surface area contributed by atoms with Gasteiger partial charge in [-0.15, -0.1) is 0 Å². The summed E-state index contributed by atoms with van der Waals surface area (Å²) in [7, 11) is 0. The minimum Gasteiger partial charge on any atom is -0.475 e. The summed E-state index contributed by atoms with van der Waals surface area (Å²) in [4.78, 5) is 28.3. The average molecular weight is 478 g/mol. The first-order valence-electron chi connectivity index (χ1n) is 10.1. The summed E-state index contributed by atoms with van der Waals surface area (Å²) in [6, 6.07) is 3.39. The average Bonchev–Trinajstić information content (AvgIpc) is 2.77. The Hall–Kier alpha value is -3.30. The molecule has 3 rings (SSSR count). The summed E-state index contributed by atoms with van der Waals surface area (Å²) in [6.07, 6.45) is 7.91. The number of nitrogens with zero attached hydrogens (tertiary/aromatic N) is 1. The van der Waals surface area contributed by atoms with Crippen LogP contribution in [0.5, 0.6) is 5.75 Å². The maximum absolute atomic E-state index is 14.7. The van der Waals surface area contributed by atoms with Crippen LogP contribution in [0, 0.1) is 18.6 Å². The second-order valence-corrected chi connectivity index (χ2v) is 7.68. The number of amides is 2. The molecule has 1 atom stereocenters. The van der Waals surface area contributed by atoms with E-state index in [-0.39, 0.29) is 24.1 Å².